The van der Waals surface area contributed by atoms with Gasteiger partial charge in [0.1, 0.15) is 0 Å². The van der Waals surface area contributed by atoms with Crippen LogP contribution in [0.25, 0.3) is 10.8 Å². The van der Waals surface area contributed by atoms with Crippen LogP contribution in [0.3, 0.4) is 0 Å². The molecule has 108 valence electrons. The van der Waals surface area contributed by atoms with Gasteiger partial charge in [-0.05, 0) is 16.7 Å². The van der Waals surface area contributed by atoms with E-state index in [-0.39, 0.29) is 10.9 Å². The van der Waals surface area contributed by atoms with E-state index in [0.717, 1.165) is 12.1 Å². The van der Waals surface area contributed by atoms with Gasteiger partial charge in [0.15, 0.2) is 17.2 Å². The average molecular weight is 309 g/mol. The van der Waals surface area contributed by atoms with Gasteiger partial charge in [0.25, 0.3) is 0 Å². The van der Waals surface area contributed by atoms with E-state index < -0.39 is 48.0 Å². The molecule has 0 heterocycles. The maximum atomic E-state index is 12.0. The summed E-state index contributed by atoms with van der Waals surface area (Å²) in [6.07, 6.45) is -0.687. The number of Topliss-reactive ketones (excluding diaryl/α,β-unsaturated/α-hetero) is 1. The highest BCUT2D eigenvalue weighted by molar-refractivity contribution is 7.39. The zero-order valence-corrected chi connectivity index (χ0v) is 11.4. The third kappa shape index (κ3) is 2.69. The van der Waals surface area contributed by atoms with Crippen molar-refractivity contribution >= 4 is 24.6 Å². The third-order valence-corrected chi connectivity index (χ3v) is 3.43. The van der Waals surface area contributed by atoms with Crippen LogP contribution < -0.4 is 5.43 Å². The van der Waals surface area contributed by atoms with Gasteiger partial charge in [0.05, 0.1) is 5.39 Å². The summed E-state index contributed by atoms with van der Waals surface area (Å²) in [5.74, 6) is -2.95. The fourth-order valence-corrected chi connectivity index (χ4v) is 2.37. The number of fused-ring (bicyclic) bond motifs is 1. The van der Waals surface area contributed by atoms with Crippen molar-refractivity contribution in [2.75, 3.05) is 6.16 Å². The quantitative estimate of drug-likeness (QED) is 0.381. The Morgan fingerprint density at radius 1 is 1.14 bits per heavy atom. The molecule has 4 N–H and O–H groups in total. The number of rotatable bonds is 3. The number of hydrogen-bond acceptors (Lipinski definition) is 6. The van der Waals surface area contributed by atoms with E-state index in [0.29, 0.717) is 0 Å². The second-order valence-corrected chi connectivity index (χ2v) is 5.27. The van der Waals surface area contributed by atoms with Crippen LogP contribution >= 0.6 is 8.03 Å². The highest BCUT2D eigenvalue weighted by Gasteiger charge is 2.24. The van der Waals surface area contributed by atoms with Gasteiger partial charge < -0.3 is 15.3 Å². The molecular weight excluding hydrogens is 299 g/mol. The molecule has 0 saturated heterocycles. The van der Waals surface area contributed by atoms with Crippen LogP contribution in [0, 0.1) is 0 Å². The molecule has 0 radical (unpaired) electrons. The zero-order chi connectivity index (χ0) is 15.7. The third-order valence-electron chi connectivity index (χ3n) is 2.88. The van der Waals surface area contributed by atoms with E-state index in [1.165, 1.54) is 12.1 Å². The van der Waals surface area contributed by atoms with Crippen molar-refractivity contribution in [3.8, 4) is 17.2 Å². The maximum absolute atomic E-state index is 12.0. The summed E-state index contributed by atoms with van der Waals surface area (Å²) in [5, 5.41) is 28.4. The fourth-order valence-electron chi connectivity index (χ4n) is 1.95. The van der Waals surface area contributed by atoms with Crippen LogP contribution in [0.15, 0.2) is 29.1 Å². The minimum absolute atomic E-state index is 0.0301. The van der Waals surface area contributed by atoms with Crippen LogP contribution in [-0.4, -0.2) is 32.2 Å². The van der Waals surface area contributed by atoms with Gasteiger partial charge >= 0.3 is 8.03 Å². The fraction of sp³-hybridized carbons (Fsp3) is 0.0769. The van der Waals surface area contributed by atoms with Gasteiger partial charge in [-0.3, -0.25) is 9.59 Å². The smallest absolute Gasteiger partial charge is 0.504 e. The van der Waals surface area contributed by atoms with Crippen LogP contribution in [0.4, 0.5) is 0 Å². The van der Waals surface area contributed by atoms with Gasteiger partial charge in [-0.15, -0.1) is 0 Å². The maximum Gasteiger partial charge on any atom is 0.513 e. The first-order chi connectivity index (χ1) is 9.82. The van der Waals surface area contributed by atoms with Gasteiger partial charge in [0, 0.05) is 10.9 Å². The lowest BCUT2D eigenvalue weighted by Crippen LogP contribution is -2.05. The van der Waals surface area contributed by atoms with Gasteiger partial charge in [0.2, 0.25) is 17.4 Å². The molecule has 0 fully saturated rings. The highest BCUT2D eigenvalue weighted by Crippen LogP contribution is 2.35. The minimum atomic E-state index is -2.74. The molecule has 0 aliphatic rings. The Hall–Kier alpha value is -2.50. The highest BCUT2D eigenvalue weighted by atomic mass is 31.1. The van der Waals surface area contributed by atoms with E-state index in [9.17, 15) is 29.5 Å². The number of hydrogen-bond donors (Lipinski definition) is 4. The van der Waals surface area contributed by atoms with Crippen molar-refractivity contribution in [1.29, 1.82) is 0 Å². The number of phenolic OH excluding ortho intramolecular Hbond substituents is 2. The summed E-state index contributed by atoms with van der Waals surface area (Å²) in [6, 6.07) is 4.55. The Labute approximate surface area is 118 Å². The van der Waals surface area contributed by atoms with Crippen molar-refractivity contribution in [3.63, 3.8) is 0 Å². The summed E-state index contributed by atoms with van der Waals surface area (Å²) in [7, 11) is -2.74. The van der Waals surface area contributed by atoms with Crippen molar-refractivity contribution < 1.29 is 29.6 Å². The predicted molar refractivity (Wildman–Crippen MR) is 74.2 cm³/mol. The summed E-state index contributed by atoms with van der Waals surface area (Å²) in [5.41, 5.74) is -1.16. The molecule has 1 atom stereocenters. The predicted octanol–water partition coefficient (Wildman–Crippen LogP) is 1.23. The second kappa shape index (κ2) is 5.47. The van der Waals surface area contributed by atoms with Crippen molar-refractivity contribution in [3.05, 3.63) is 40.1 Å². The Kier molecular flexibility index (Phi) is 3.88. The van der Waals surface area contributed by atoms with Gasteiger partial charge in [-0.1, -0.05) is 12.1 Å². The van der Waals surface area contributed by atoms with E-state index in [4.69, 9.17) is 4.89 Å². The lowest BCUT2D eigenvalue weighted by Gasteiger charge is -2.05. The number of carbonyl (C=O) groups excluding carboxylic acids is 1. The summed E-state index contributed by atoms with van der Waals surface area (Å²) < 4.78 is 10.8. The van der Waals surface area contributed by atoms with E-state index in [1.54, 1.807) is 0 Å². The molecular formula is C13H10O7P+. The largest absolute Gasteiger partial charge is 0.513 e. The minimum Gasteiger partial charge on any atom is -0.504 e. The van der Waals surface area contributed by atoms with Crippen molar-refractivity contribution in [1.82, 2.24) is 0 Å². The average Bonchev–Trinajstić information content (AvgIpc) is 2.54. The Bertz CT molecular complexity index is 829. The Balaban J connectivity index is 2.93. The second-order valence-electron chi connectivity index (χ2n) is 4.25. The van der Waals surface area contributed by atoms with E-state index in [1.807, 2.05) is 0 Å². The van der Waals surface area contributed by atoms with Crippen LogP contribution in [0.1, 0.15) is 10.4 Å². The molecule has 2 aromatic carbocycles. The van der Waals surface area contributed by atoms with Crippen LogP contribution in [-0.2, 0) is 4.57 Å². The van der Waals surface area contributed by atoms with Crippen LogP contribution in [0.5, 0.6) is 17.2 Å². The van der Waals surface area contributed by atoms with Crippen molar-refractivity contribution in [2.24, 2.45) is 0 Å². The molecule has 2 rings (SSSR count). The standard InChI is InChI=1S/C13H9O7P/c14-8-3-1-2-6-7(10(16)5-21(19)20)4-9(15)13(18)11(6)12(8)17/h1-4H,5H2,(H3-,14,15,16,17,18,19,20)/p+1. The van der Waals surface area contributed by atoms with Crippen LogP contribution in [0.2, 0.25) is 0 Å². The number of aromatic hydroxyl groups is 3. The molecule has 21 heavy (non-hydrogen) atoms. The SMILES string of the molecule is O=C(C[P+](=O)O)c1cc(O)c(O)c2c(=O)c(O)cccc12. The molecule has 7 nitrogen and oxygen atoms in total. The Morgan fingerprint density at radius 2 is 1.81 bits per heavy atom. The molecule has 2 aromatic rings. The molecule has 0 bridgehead atoms. The number of benzene rings is 1. The first-order valence-corrected chi connectivity index (χ1v) is 7.10. The lowest BCUT2D eigenvalue weighted by molar-refractivity contribution is 0.102. The van der Waals surface area contributed by atoms with E-state index >= 15 is 0 Å². The molecule has 0 spiro atoms. The molecule has 0 aliphatic carbocycles. The summed E-state index contributed by atoms with van der Waals surface area (Å²) in [4.78, 5) is 32.7. The molecule has 1 unspecified atom stereocenters. The summed E-state index contributed by atoms with van der Waals surface area (Å²) in [6.45, 7) is 0. The van der Waals surface area contributed by atoms with Crippen molar-refractivity contribution in [2.45, 2.75) is 0 Å². The zero-order valence-electron chi connectivity index (χ0n) is 10.5. The Morgan fingerprint density at radius 3 is 2.43 bits per heavy atom. The topological polar surface area (TPSA) is 132 Å². The monoisotopic (exact) mass is 309 g/mol. The summed E-state index contributed by atoms with van der Waals surface area (Å²) >= 11 is 0. The van der Waals surface area contributed by atoms with E-state index in [2.05, 4.69) is 0 Å². The molecule has 8 heteroatoms. The molecule has 0 amide bonds. The number of phenols is 2. The van der Waals surface area contributed by atoms with Gasteiger partial charge in [-0.25, -0.2) is 0 Å². The first kappa shape index (κ1) is 14.9. The lowest BCUT2D eigenvalue weighted by atomic mass is 10.0. The molecule has 0 aliphatic heterocycles. The number of ketones is 1. The first-order valence-electron chi connectivity index (χ1n) is 5.70. The van der Waals surface area contributed by atoms with Gasteiger partial charge in [-0.2, -0.15) is 4.89 Å². The molecule has 0 aromatic heterocycles. The normalized spacial score (nSPS) is 11.4. The number of carbonyl (C=O) groups is 1. The molecule has 0 saturated carbocycles.